The minimum atomic E-state index is -3.69. The standard InChI is InChI=1S/C17H23FN4O2S2.HI/c1-12-13(2)25-16(22-12)8-9-20-17(19-3)21-10-11-26(23,24)15-7-5-4-6-14(15)18;/h4-7H,8-11H2,1-3H3,(H2,19,20,21);1H. The van der Waals surface area contributed by atoms with Crippen molar-refractivity contribution >= 4 is 51.1 Å². The molecule has 2 rings (SSSR count). The lowest BCUT2D eigenvalue weighted by Crippen LogP contribution is -2.40. The van der Waals surface area contributed by atoms with E-state index in [-0.39, 0.29) is 41.2 Å². The van der Waals surface area contributed by atoms with Gasteiger partial charge in [-0.2, -0.15) is 0 Å². The fourth-order valence-corrected chi connectivity index (χ4v) is 4.44. The van der Waals surface area contributed by atoms with Gasteiger partial charge in [0.2, 0.25) is 0 Å². The molecule has 0 amide bonds. The lowest BCUT2D eigenvalue weighted by molar-refractivity contribution is 0.566. The van der Waals surface area contributed by atoms with Gasteiger partial charge in [0.05, 0.1) is 16.5 Å². The largest absolute Gasteiger partial charge is 0.356 e. The maximum absolute atomic E-state index is 13.7. The molecule has 0 aliphatic heterocycles. The van der Waals surface area contributed by atoms with Crippen LogP contribution in [0.4, 0.5) is 4.39 Å². The lowest BCUT2D eigenvalue weighted by atomic mass is 10.3. The fraction of sp³-hybridized carbons (Fsp3) is 0.412. The van der Waals surface area contributed by atoms with E-state index < -0.39 is 15.7 Å². The van der Waals surface area contributed by atoms with Crippen LogP contribution < -0.4 is 10.6 Å². The molecular formula is C17H24FIN4O2S2. The number of aliphatic imine (C=N–C) groups is 1. The van der Waals surface area contributed by atoms with Crippen molar-refractivity contribution in [3.05, 3.63) is 45.7 Å². The average molecular weight is 526 g/mol. The van der Waals surface area contributed by atoms with E-state index in [1.54, 1.807) is 18.4 Å². The highest BCUT2D eigenvalue weighted by molar-refractivity contribution is 14.0. The van der Waals surface area contributed by atoms with Gasteiger partial charge in [0.1, 0.15) is 10.7 Å². The van der Waals surface area contributed by atoms with Crippen LogP contribution in [0.3, 0.4) is 0 Å². The molecule has 0 aliphatic rings. The molecule has 10 heteroatoms. The molecule has 150 valence electrons. The minimum Gasteiger partial charge on any atom is -0.356 e. The molecule has 0 atom stereocenters. The maximum Gasteiger partial charge on any atom is 0.191 e. The fourth-order valence-electron chi connectivity index (χ4n) is 2.27. The molecular weight excluding hydrogens is 502 g/mol. The van der Waals surface area contributed by atoms with Crippen LogP contribution >= 0.6 is 35.3 Å². The topological polar surface area (TPSA) is 83.4 Å². The maximum atomic E-state index is 13.7. The summed E-state index contributed by atoms with van der Waals surface area (Å²) in [6, 6.07) is 5.38. The third kappa shape index (κ3) is 7.00. The van der Waals surface area contributed by atoms with Gasteiger partial charge >= 0.3 is 0 Å². The second kappa shape index (κ2) is 10.9. The van der Waals surface area contributed by atoms with Crippen LogP contribution in [-0.2, 0) is 16.3 Å². The van der Waals surface area contributed by atoms with E-state index in [9.17, 15) is 12.8 Å². The molecule has 0 saturated heterocycles. The van der Waals surface area contributed by atoms with Crippen molar-refractivity contribution in [2.45, 2.75) is 25.2 Å². The number of benzene rings is 1. The summed E-state index contributed by atoms with van der Waals surface area (Å²) in [5.41, 5.74) is 1.05. The van der Waals surface area contributed by atoms with E-state index in [2.05, 4.69) is 20.6 Å². The highest BCUT2D eigenvalue weighted by Crippen LogP contribution is 2.16. The molecule has 0 unspecified atom stereocenters. The zero-order valence-corrected chi connectivity index (χ0v) is 19.4. The Labute approximate surface area is 180 Å². The molecule has 27 heavy (non-hydrogen) atoms. The number of aromatic nitrogens is 1. The van der Waals surface area contributed by atoms with Crippen LogP contribution in [0.1, 0.15) is 15.6 Å². The molecule has 1 heterocycles. The van der Waals surface area contributed by atoms with Crippen LogP contribution in [0.2, 0.25) is 0 Å². The highest BCUT2D eigenvalue weighted by Gasteiger charge is 2.18. The normalized spacial score (nSPS) is 11.8. The van der Waals surface area contributed by atoms with E-state index in [0.29, 0.717) is 12.5 Å². The number of sulfone groups is 1. The molecule has 2 N–H and O–H groups in total. The molecule has 2 aromatic rings. The Kier molecular flexibility index (Phi) is 9.60. The van der Waals surface area contributed by atoms with Gasteiger partial charge in [0, 0.05) is 31.4 Å². The van der Waals surface area contributed by atoms with Crippen LogP contribution in [0.15, 0.2) is 34.2 Å². The molecule has 1 aromatic heterocycles. The number of rotatable bonds is 7. The monoisotopic (exact) mass is 526 g/mol. The third-order valence-corrected chi connectivity index (χ3v) is 6.64. The third-order valence-electron chi connectivity index (χ3n) is 3.76. The van der Waals surface area contributed by atoms with Crippen molar-refractivity contribution in [3.63, 3.8) is 0 Å². The Bertz CT molecular complexity index is 865. The quantitative estimate of drug-likeness (QED) is 0.330. The molecule has 0 spiro atoms. The van der Waals surface area contributed by atoms with E-state index in [1.807, 2.05) is 13.8 Å². The van der Waals surface area contributed by atoms with Gasteiger partial charge < -0.3 is 10.6 Å². The second-order valence-corrected chi connectivity index (χ2v) is 9.04. The minimum absolute atomic E-state index is 0. The van der Waals surface area contributed by atoms with Gasteiger partial charge in [-0.15, -0.1) is 35.3 Å². The second-order valence-electron chi connectivity index (χ2n) is 5.67. The summed E-state index contributed by atoms with van der Waals surface area (Å²) in [6.07, 6.45) is 0.758. The molecule has 6 nitrogen and oxygen atoms in total. The number of halogens is 2. The summed E-state index contributed by atoms with van der Waals surface area (Å²) < 4.78 is 38.1. The zero-order valence-electron chi connectivity index (χ0n) is 15.5. The predicted molar refractivity (Wildman–Crippen MR) is 119 cm³/mol. The van der Waals surface area contributed by atoms with Gasteiger partial charge in [0.15, 0.2) is 15.8 Å². The van der Waals surface area contributed by atoms with E-state index in [1.165, 1.54) is 23.1 Å². The summed E-state index contributed by atoms with van der Waals surface area (Å²) in [4.78, 5) is 9.46. The number of hydrogen-bond donors (Lipinski definition) is 2. The van der Waals surface area contributed by atoms with Crippen molar-refractivity contribution in [1.82, 2.24) is 15.6 Å². The van der Waals surface area contributed by atoms with Crippen molar-refractivity contribution in [2.24, 2.45) is 4.99 Å². The van der Waals surface area contributed by atoms with Crippen molar-refractivity contribution in [3.8, 4) is 0 Å². The summed E-state index contributed by atoms with van der Waals surface area (Å²) >= 11 is 1.67. The first-order valence-corrected chi connectivity index (χ1v) is 10.6. The van der Waals surface area contributed by atoms with Crippen molar-refractivity contribution in [2.75, 3.05) is 25.9 Å². The molecule has 0 radical (unpaired) electrons. The highest BCUT2D eigenvalue weighted by atomic mass is 127. The molecule has 0 fully saturated rings. The molecule has 0 saturated carbocycles. The van der Waals surface area contributed by atoms with Crippen molar-refractivity contribution < 1.29 is 12.8 Å². The first-order chi connectivity index (χ1) is 12.3. The SMILES string of the molecule is CN=C(NCCc1nc(C)c(C)s1)NCCS(=O)(=O)c1ccccc1F.I. The van der Waals surface area contributed by atoms with Gasteiger partial charge in [-0.25, -0.2) is 17.8 Å². The van der Waals surface area contributed by atoms with Crippen LogP contribution in [-0.4, -0.2) is 45.3 Å². The Morgan fingerprint density at radius 3 is 2.48 bits per heavy atom. The number of nitrogens with zero attached hydrogens (tertiary/aromatic N) is 2. The van der Waals surface area contributed by atoms with Gasteiger partial charge in [0.25, 0.3) is 0 Å². The molecule has 1 aromatic carbocycles. The number of aryl methyl sites for hydroxylation is 2. The Morgan fingerprint density at radius 1 is 1.22 bits per heavy atom. The summed E-state index contributed by atoms with van der Waals surface area (Å²) in [6.45, 7) is 4.79. The van der Waals surface area contributed by atoms with Gasteiger partial charge in [-0.05, 0) is 26.0 Å². The van der Waals surface area contributed by atoms with Crippen LogP contribution in [0.5, 0.6) is 0 Å². The summed E-state index contributed by atoms with van der Waals surface area (Å²) in [5, 5.41) is 7.10. The van der Waals surface area contributed by atoms with E-state index in [4.69, 9.17) is 0 Å². The Balaban J connectivity index is 0.00000364. The van der Waals surface area contributed by atoms with Crippen LogP contribution in [0, 0.1) is 19.7 Å². The number of hydrogen-bond acceptors (Lipinski definition) is 5. The zero-order chi connectivity index (χ0) is 19.2. The molecule has 0 aliphatic carbocycles. The predicted octanol–water partition coefficient (Wildman–Crippen LogP) is 2.70. The first kappa shape index (κ1) is 23.8. The van der Waals surface area contributed by atoms with Crippen molar-refractivity contribution in [1.29, 1.82) is 0 Å². The number of thiazole rings is 1. The van der Waals surface area contributed by atoms with Crippen LogP contribution in [0.25, 0.3) is 0 Å². The van der Waals surface area contributed by atoms with E-state index >= 15 is 0 Å². The van der Waals surface area contributed by atoms with E-state index in [0.717, 1.165) is 23.2 Å². The molecule has 0 bridgehead atoms. The van der Waals surface area contributed by atoms with Gasteiger partial charge in [-0.1, -0.05) is 12.1 Å². The summed E-state index contributed by atoms with van der Waals surface area (Å²) in [7, 11) is -2.08. The summed E-state index contributed by atoms with van der Waals surface area (Å²) in [5.74, 6) is -0.456. The lowest BCUT2D eigenvalue weighted by Gasteiger charge is -2.12. The number of guanidine groups is 1. The number of nitrogens with one attached hydrogen (secondary N) is 2. The van der Waals surface area contributed by atoms with Gasteiger partial charge in [-0.3, -0.25) is 4.99 Å². The Hall–Kier alpha value is -1.27. The average Bonchev–Trinajstić information content (AvgIpc) is 2.91. The smallest absolute Gasteiger partial charge is 0.191 e. The Morgan fingerprint density at radius 2 is 1.89 bits per heavy atom. The first-order valence-electron chi connectivity index (χ1n) is 8.18.